The number of aromatic nitrogens is 4. The lowest BCUT2D eigenvalue weighted by Crippen LogP contribution is -2.14. The highest BCUT2D eigenvalue weighted by atomic mass is 35.5. The maximum atomic E-state index is 13.1. The Morgan fingerprint density at radius 3 is 2.24 bits per heavy atom. The SMILES string of the molecule is CN(C)C=C(C(=O)c1ccc(C(F)(F)F)cc1)c1nnnn1-c1ccc(Cl)cc1. The second-order valence-electron chi connectivity index (χ2n) is 6.30. The third-order valence-corrected chi connectivity index (χ3v) is 4.14. The van der Waals surface area contributed by atoms with Crippen LogP contribution in [0.25, 0.3) is 11.3 Å². The van der Waals surface area contributed by atoms with Crippen LogP contribution in [-0.4, -0.2) is 45.0 Å². The van der Waals surface area contributed by atoms with Crippen LogP contribution < -0.4 is 0 Å². The summed E-state index contributed by atoms with van der Waals surface area (Å²) < 4.78 is 39.8. The molecule has 0 spiro atoms. The number of rotatable bonds is 5. The first-order chi connectivity index (χ1) is 13.7. The number of ketones is 1. The standard InChI is InChI=1S/C19H15ClF3N5O/c1-27(2)11-16(17(29)12-3-5-13(6-4-12)19(21,22)23)18-24-25-26-28(18)15-9-7-14(20)8-10-15/h3-11H,1-2H3. The number of allylic oxidation sites excluding steroid dienone is 1. The first-order valence-corrected chi connectivity index (χ1v) is 8.69. The topological polar surface area (TPSA) is 63.9 Å². The molecule has 0 unspecified atom stereocenters. The molecule has 2 aromatic carbocycles. The number of benzene rings is 2. The number of carbonyl (C=O) groups is 1. The molecule has 0 saturated heterocycles. The normalized spacial score (nSPS) is 12.1. The van der Waals surface area contributed by atoms with Crippen LogP contribution in [0.1, 0.15) is 21.7 Å². The van der Waals surface area contributed by atoms with Gasteiger partial charge in [0, 0.05) is 30.9 Å². The summed E-state index contributed by atoms with van der Waals surface area (Å²) in [6, 6.07) is 10.6. The van der Waals surface area contributed by atoms with E-state index in [2.05, 4.69) is 15.5 Å². The summed E-state index contributed by atoms with van der Waals surface area (Å²) in [6.45, 7) is 0. The van der Waals surface area contributed by atoms with Gasteiger partial charge in [-0.3, -0.25) is 4.79 Å². The summed E-state index contributed by atoms with van der Waals surface area (Å²) in [5, 5.41) is 12.0. The summed E-state index contributed by atoms with van der Waals surface area (Å²) in [7, 11) is 3.41. The van der Waals surface area contributed by atoms with Gasteiger partial charge in [0.05, 0.1) is 16.8 Å². The molecule has 0 saturated carbocycles. The smallest absolute Gasteiger partial charge is 0.383 e. The van der Waals surface area contributed by atoms with E-state index >= 15 is 0 Å². The number of hydrogen-bond acceptors (Lipinski definition) is 5. The van der Waals surface area contributed by atoms with Crippen LogP contribution in [0.4, 0.5) is 13.2 Å². The van der Waals surface area contributed by atoms with E-state index in [-0.39, 0.29) is 17.0 Å². The molecule has 0 aliphatic carbocycles. The molecule has 0 radical (unpaired) electrons. The van der Waals surface area contributed by atoms with E-state index in [4.69, 9.17) is 11.6 Å². The van der Waals surface area contributed by atoms with Gasteiger partial charge in [-0.25, -0.2) is 0 Å². The van der Waals surface area contributed by atoms with Crippen molar-refractivity contribution in [1.82, 2.24) is 25.1 Å². The fraction of sp³-hybridized carbons (Fsp3) is 0.158. The summed E-state index contributed by atoms with van der Waals surface area (Å²) in [5.41, 5.74) is -0.0658. The number of alkyl halides is 3. The molecule has 0 atom stereocenters. The Morgan fingerprint density at radius 1 is 1.07 bits per heavy atom. The van der Waals surface area contributed by atoms with E-state index in [0.717, 1.165) is 24.3 Å². The molecule has 6 nitrogen and oxygen atoms in total. The molecule has 10 heteroatoms. The lowest BCUT2D eigenvalue weighted by molar-refractivity contribution is -0.137. The van der Waals surface area contributed by atoms with Gasteiger partial charge in [0.15, 0.2) is 11.6 Å². The maximum absolute atomic E-state index is 13.1. The van der Waals surface area contributed by atoms with Crippen LogP contribution >= 0.6 is 11.6 Å². The third-order valence-electron chi connectivity index (χ3n) is 3.89. The van der Waals surface area contributed by atoms with Crippen molar-refractivity contribution < 1.29 is 18.0 Å². The van der Waals surface area contributed by atoms with Crippen molar-refractivity contribution in [3.8, 4) is 5.69 Å². The zero-order chi connectivity index (χ0) is 21.2. The Kier molecular flexibility index (Phi) is 5.69. The van der Waals surface area contributed by atoms with Crippen molar-refractivity contribution in [2.45, 2.75) is 6.18 Å². The highest BCUT2D eigenvalue weighted by Gasteiger charge is 2.30. The highest BCUT2D eigenvalue weighted by molar-refractivity contribution is 6.30. The van der Waals surface area contributed by atoms with E-state index in [1.54, 1.807) is 43.3 Å². The maximum Gasteiger partial charge on any atom is 0.416 e. The van der Waals surface area contributed by atoms with E-state index in [1.165, 1.54) is 10.9 Å². The van der Waals surface area contributed by atoms with Gasteiger partial charge in [-0.05, 0) is 46.8 Å². The minimum absolute atomic E-state index is 0.0803. The van der Waals surface area contributed by atoms with Crippen molar-refractivity contribution in [3.63, 3.8) is 0 Å². The molecular weight excluding hydrogens is 407 g/mol. The van der Waals surface area contributed by atoms with Gasteiger partial charge < -0.3 is 4.90 Å². The van der Waals surface area contributed by atoms with E-state index in [9.17, 15) is 18.0 Å². The van der Waals surface area contributed by atoms with Gasteiger partial charge in [0.25, 0.3) is 0 Å². The number of hydrogen-bond donors (Lipinski definition) is 0. The highest BCUT2D eigenvalue weighted by Crippen LogP contribution is 2.30. The molecule has 150 valence electrons. The molecular formula is C19H15ClF3N5O. The predicted octanol–water partition coefficient (Wildman–Crippen LogP) is 4.12. The molecule has 3 aromatic rings. The van der Waals surface area contributed by atoms with Gasteiger partial charge in [-0.1, -0.05) is 23.7 Å². The number of tetrazole rings is 1. The molecule has 0 N–H and O–H groups in total. The number of carbonyl (C=O) groups excluding carboxylic acids is 1. The van der Waals surface area contributed by atoms with Crippen molar-refractivity contribution in [1.29, 1.82) is 0 Å². The van der Waals surface area contributed by atoms with Crippen molar-refractivity contribution in [2.24, 2.45) is 0 Å². The summed E-state index contributed by atoms with van der Waals surface area (Å²) in [6.07, 6.45) is -2.97. The monoisotopic (exact) mass is 421 g/mol. The van der Waals surface area contributed by atoms with Crippen molar-refractivity contribution in [3.05, 3.63) is 76.7 Å². The quantitative estimate of drug-likeness (QED) is 0.458. The molecule has 0 aliphatic rings. The van der Waals surface area contributed by atoms with Crippen LogP contribution in [0.2, 0.25) is 5.02 Å². The minimum Gasteiger partial charge on any atom is -0.383 e. The largest absolute Gasteiger partial charge is 0.416 e. The third kappa shape index (κ3) is 4.62. The number of halogens is 4. The molecule has 1 heterocycles. The Morgan fingerprint density at radius 2 is 1.69 bits per heavy atom. The molecule has 0 aliphatic heterocycles. The molecule has 0 amide bonds. The first-order valence-electron chi connectivity index (χ1n) is 8.31. The van der Waals surface area contributed by atoms with Crippen LogP contribution in [-0.2, 0) is 6.18 Å². The molecule has 0 bridgehead atoms. The summed E-state index contributed by atoms with van der Waals surface area (Å²) in [4.78, 5) is 14.7. The lowest BCUT2D eigenvalue weighted by Gasteiger charge is -2.12. The zero-order valence-corrected chi connectivity index (χ0v) is 16.1. The van der Waals surface area contributed by atoms with Gasteiger partial charge in [0.1, 0.15) is 0 Å². The average Bonchev–Trinajstić information content (AvgIpc) is 3.15. The second kappa shape index (κ2) is 8.04. The molecule has 3 rings (SSSR count). The summed E-state index contributed by atoms with van der Waals surface area (Å²) >= 11 is 5.91. The molecule has 1 aromatic heterocycles. The van der Waals surface area contributed by atoms with E-state index in [0.29, 0.717) is 10.7 Å². The van der Waals surface area contributed by atoms with Crippen LogP contribution in [0.15, 0.2) is 54.7 Å². The fourth-order valence-corrected chi connectivity index (χ4v) is 2.68. The van der Waals surface area contributed by atoms with Gasteiger partial charge in [-0.2, -0.15) is 17.9 Å². The number of nitrogens with zero attached hydrogens (tertiary/aromatic N) is 5. The fourth-order valence-electron chi connectivity index (χ4n) is 2.55. The predicted molar refractivity (Wildman–Crippen MR) is 102 cm³/mol. The van der Waals surface area contributed by atoms with Crippen molar-refractivity contribution in [2.75, 3.05) is 14.1 Å². The second-order valence-corrected chi connectivity index (χ2v) is 6.74. The minimum atomic E-state index is -4.48. The molecule has 0 fully saturated rings. The van der Waals surface area contributed by atoms with Gasteiger partial charge in [-0.15, -0.1) is 5.10 Å². The number of Topliss-reactive ketones (excluding diaryl/α,β-unsaturated/α-hetero) is 1. The zero-order valence-electron chi connectivity index (χ0n) is 15.4. The van der Waals surface area contributed by atoms with Crippen LogP contribution in [0.5, 0.6) is 0 Å². The lowest BCUT2D eigenvalue weighted by atomic mass is 10.0. The molecule has 29 heavy (non-hydrogen) atoms. The van der Waals surface area contributed by atoms with E-state index in [1.807, 2.05) is 0 Å². The Bertz CT molecular complexity index is 1040. The first kappa shape index (κ1) is 20.5. The van der Waals surface area contributed by atoms with Gasteiger partial charge >= 0.3 is 6.18 Å². The Labute approximate surface area is 169 Å². The van der Waals surface area contributed by atoms with Crippen molar-refractivity contribution >= 4 is 23.0 Å². The van der Waals surface area contributed by atoms with E-state index < -0.39 is 17.5 Å². The Hall–Kier alpha value is -3.20. The van der Waals surface area contributed by atoms with Crippen LogP contribution in [0, 0.1) is 0 Å². The summed E-state index contributed by atoms with van der Waals surface area (Å²) in [5.74, 6) is -0.372. The average molecular weight is 422 g/mol. The van der Waals surface area contributed by atoms with Gasteiger partial charge in [0.2, 0.25) is 0 Å². The Balaban J connectivity index is 2.03. The van der Waals surface area contributed by atoms with Crippen LogP contribution in [0.3, 0.4) is 0 Å².